The first kappa shape index (κ1) is 26.6. The lowest BCUT2D eigenvalue weighted by Crippen LogP contribution is -2.25. The highest BCUT2D eigenvalue weighted by Crippen LogP contribution is 2.35. The van der Waals surface area contributed by atoms with Crippen LogP contribution in [0.15, 0.2) is 79.5 Å². The second kappa shape index (κ2) is 12.3. The van der Waals surface area contributed by atoms with Gasteiger partial charge in [-0.2, -0.15) is 9.78 Å². The lowest BCUT2D eigenvalue weighted by atomic mass is 9.88. The first-order valence-corrected chi connectivity index (χ1v) is 14.5. The molecular formula is C30H29Br2N3O3. The average molecular weight is 639 g/mol. The molecule has 1 aliphatic carbocycles. The van der Waals surface area contributed by atoms with E-state index in [0.717, 1.165) is 51.6 Å². The summed E-state index contributed by atoms with van der Waals surface area (Å²) in [6.07, 6.45) is 7.20. The molecule has 4 aromatic rings. The van der Waals surface area contributed by atoms with Gasteiger partial charge in [0.1, 0.15) is 12.4 Å². The highest BCUT2D eigenvalue weighted by molar-refractivity contribution is 9.10. The molecule has 38 heavy (non-hydrogen) atoms. The zero-order valence-corrected chi connectivity index (χ0v) is 24.4. The van der Waals surface area contributed by atoms with Crippen molar-refractivity contribution < 1.29 is 9.47 Å². The first-order valence-electron chi connectivity index (χ1n) is 12.9. The van der Waals surface area contributed by atoms with Crippen LogP contribution in [0.1, 0.15) is 61.9 Å². The van der Waals surface area contributed by atoms with Gasteiger partial charge in [-0.15, -0.1) is 0 Å². The van der Waals surface area contributed by atoms with E-state index in [0.29, 0.717) is 35.6 Å². The molecule has 196 valence electrons. The maximum atomic E-state index is 13.6. The van der Waals surface area contributed by atoms with Crippen LogP contribution in [-0.4, -0.2) is 22.5 Å². The molecule has 1 saturated carbocycles. The van der Waals surface area contributed by atoms with Crippen LogP contribution in [0.3, 0.4) is 0 Å². The summed E-state index contributed by atoms with van der Waals surface area (Å²) in [5.74, 6) is 2.19. The van der Waals surface area contributed by atoms with Crippen LogP contribution >= 0.6 is 31.9 Å². The third kappa shape index (κ3) is 6.02. The fraction of sp³-hybridized carbons (Fsp3) is 0.300. The van der Waals surface area contributed by atoms with E-state index in [9.17, 15) is 4.79 Å². The molecule has 0 aliphatic heterocycles. The van der Waals surface area contributed by atoms with Crippen molar-refractivity contribution in [3.05, 3.63) is 96.9 Å². The van der Waals surface area contributed by atoms with Gasteiger partial charge in [0.25, 0.3) is 5.56 Å². The molecule has 0 spiro atoms. The Morgan fingerprint density at radius 1 is 1.00 bits per heavy atom. The minimum absolute atomic E-state index is 0.169. The minimum atomic E-state index is -0.169. The summed E-state index contributed by atoms with van der Waals surface area (Å²) in [5.41, 5.74) is 2.38. The molecule has 1 fully saturated rings. The van der Waals surface area contributed by atoms with Crippen LogP contribution in [-0.2, 0) is 6.61 Å². The highest BCUT2D eigenvalue weighted by Gasteiger charge is 2.22. The molecule has 1 aliphatic rings. The molecule has 0 amide bonds. The van der Waals surface area contributed by atoms with E-state index in [1.807, 2.05) is 67.6 Å². The number of fused-ring (bicyclic) bond motifs is 1. The van der Waals surface area contributed by atoms with Crippen molar-refractivity contribution in [2.75, 3.05) is 6.61 Å². The predicted octanol–water partition coefficient (Wildman–Crippen LogP) is 7.83. The number of hydrogen-bond acceptors (Lipinski definition) is 5. The monoisotopic (exact) mass is 637 g/mol. The molecular weight excluding hydrogens is 610 g/mol. The van der Waals surface area contributed by atoms with E-state index in [-0.39, 0.29) is 11.5 Å². The van der Waals surface area contributed by atoms with E-state index in [1.165, 1.54) is 11.1 Å². The molecule has 0 atom stereocenters. The second-order valence-electron chi connectivity index (χ2n) is 9.36. The Labute approximate surface area is 239 Å². The number of aromatic nitrogens is 2. The van der Waals surface area contributed by atoms with Crippen LogP contribution in [0.2, 0.25) is 0 Å². The summed E-state index contributed by atoms with van der Waals surface area (Å²) >= 11 is 7.14. The molecule has 8 heteroatoms. The normalized spacial score (nSPS) is 14.3. The smallest absolute Gasteiger partial charge is 0.282 e. The predicted molar refractivity (Wildman–Crippen MR) is 159 cm³/mol. The van der Waals surface area contributed by atoms with Crippen molar-refractivity contribution in [3.8, 4) is 11.5 Å². The van der Waals surface area contributed by atoms with Gasteiger partial charge in [0.2, 0.25) is 0 Å². The number of benzene rings is 3. The van der Waals surface area contributed by atoms with Crippen molar-refractivity contribution in [1.82, 2.24) is 9.66 Å². The number of ether oxygens (including phenoxy) is 2. The zero-order chi connectivity index (χ0) is 26.5. The molecule has 1 heterocycles. The topological polar surface area (TPSA) is 65.7 Å². The van der Waals surface area contributed by atoms with Crippen molar-refractivity contribution in [2.24, 2.45) is 5.10 Å². The molecule has 0 radical (unpaired) electrons. The molecule has 0 unspecified atom stereocenters. The van der Waals surface area contributed by atoms with Gasteiger partial charge in [0.05, 0.1) is 23.7 Å². The Morgan fingerprint density at radius 3 is 2.53 bits per heavy atom. The van der Waals surface area contributed by atoms with Crippen LogP contribution < -0.4 is 15.0 Å². The van der Waals surface area contributed by atoms with Gasteiger partial charge in [-0.25, -0.2) is 4.98 Å². The quantitative estimate of drug-likeness (QED) is 0.185. The molecule has 1 aromatic heterocycles. The average Bonchev–Trinajstić information content (AvgIpc) is 2.94. The molecule has 5 rings (SSSR count). The summed E-state index contributed by atoms with van der Waals surface area (Å²) in [6.45, 7) is 2.86. The standard InChI is InChI=1S/C30H29Br2N3O3/c1-2-37-27-15-22(25(32)17-28(27)38-19-20-9-5-3-6-10-20)18-33-35-29(21-11-7-4-8-12-21)34-26-14-13-23(31)16-24(26)30(35)36/h3,5-6,9-10,13-18,21H,2,4,7-8,11-12,19H2,1H3. The number of halogens is 2. The zero-order valence-electron chi connectivity index (χ0n) is 21.2. The largest absolute Gasteiger partial charge is 0.490 e. The summed E-state index contributed by atoms with van der Waals surface area (Å²) in [4.78, 5) is 18.5. The Bertz CT molecular complexity index is 1510. The molecule has 0 saturated heterocycles. The number of rotatable bonds is 8. The third-order valence-electron chi connectivity index (χ3n) is 6.72. The van der Waals surface area contributed by atoms with Crippen LogP contribution in [0.5, 0.6) is 11.5 Å². The van der Waals surface area contributed by atoms with Gasteiger partial charge in [-0.3, -0.25) is 4.79 Å². The number of nitrogens with zero attached hydrogens (tertiary/aromatic N) is 3. The number of hydrogen-bond donors (Lipinski definition) is 0. The van der Waals surface area contributed by atoms with Gasteiger partial charge < -0.3 is 9.47 Å². The van der Waals surface area contributed by atoms with E-state index in [2.05, 4.69) is 31.9 Å². The Kier molecular flexibility index (Phi) is 8.59. The Morgan fingerprint density at radius 2 is 1.76 bits per heavy atom. The molecule has 0 N–H and O–H groups in total. The summed E-state index contributed by atoms with van der Waals surface area (Å²) in [7, 11) is 0. The van der Waals surface area contributed by atoms with Gasteiger partial charge >= 0.3 is 0 Å². The van der Waals surface area contributed by atoms with E-state index >= 15 is 0 Å². The van der Waals surface area contributed by atoms with Crippen molar-refractivity contribution in [3.63, 3.8) is 0 Å². The third-order valence-corrected chi connectivity index (χ3v) is 7.90. The Balaban J connectivity index is 1.52. The van der Waals surface area contributed by atoms with Crippen LogP contribution in [0, 0.1) is 0 Å². The summed E-state index contributed by atoms with van der Waals surface area (Å²) < 4.78 is 15.1. The van der Waals surface area contributed by atoms with Crippen molar-refractivity contribution in [1.29, 1.82) is 0 Å². The van der Waals surface area contributed by atoms with Gasteiger partial charge in [-0.05, 0) is 71.6 Å². The van der Waals surface area contributed by atoms with E-state index in [1.54, 1.807) is 6.21 Å². The second-order valence-corrected chi connectivity index (χ2v) is 11.1. The maximum Gasteiger partial charge on any atom is 0.282 e. The van der Waals surface area contributed by atoms with Gasteiger partial charge in [-0.1, -0.05) is 65.5 Å². The fourth-order valence-corrected chi connectivity index (χ4v) is 5.57. The summed E-state index contributed by atoms with van der Waals surface area (Å²) in [6, 6.07) is 19.4. The fourth-order valence-electron chi connectivity index (χ4n) is 4.79. The van der Waals surface area contributed by atoms with Gasteiger partial charge in [0.15, 0.2) is 11.5 Å². The van der Waals surface area contributed by atoms with E-state index < -0.39 is 0 Å². The first-order chi connectivity index (χ1) is 18.5. The summed E-state index contributed by atoms with van der Waals surface area (Å²) in [5, 5.41) is 5.23. The SMILES string of the molecule is CCOc1cc(C=Nn2c(C3CCCCC3)nc3ccc(Br)cc3c2=O)c(Br)cc1OCc1ccccc1. The van der Waals surface area contributed by atoms with E-state index in [4.69, 9.17) is 19.6 Å². The van der Waals surface area contributed by atoms with Crippen molar-refractivity contribution in [2.45, 2.75) is 51.6 Å². The molecule has 6 nitrogen and oxygen atoms in total. The lowest BCUT2D eigenvalue weighted by molar-refractivity contribution is 0.269. The van der Waals surface area contributed by atoms with Gasteiger partial charge in [0, 0.05) is 20.4 Å². The lowest BCUT2D eigenvalue weighted by Gasteiger charge is -2.22. The minimum Gasteiger partial charge on any atom is -0.490 e. The molecule has 3 aromatic carbocycles. The highest BCUT2D eigenvalue weighted by atomic mass is 79.9. The van der Waals surface area contributed by atoms with Crippen LogP contribution in [0.4, 0.5) is 0 Å². The van der Waals surface area contributed by atoms with Crippen LogP contribution in [0.25, 0.3) is 10.9 Å². The van der Waals surface area contributed by atoms with Crippen molar-refractivity contribution >= 4 is 49.0 Å². The Hall–Kier alpha value is -2.97. The molecule has 0 bridgehead atoms. The maximum absolute atomic E-state index is 13.6.